The first-order chi connectivity index (χ1) is 19.9. The highest BCUT2D eigenvalue weighted by molar-refractivity contribution is 6.17. The molecule has 0 unspecified atom stereocenters. The summed E-state index contributed by atoms with van der Waals surface area (Å²) in [5.74, 6) is -0.797. The number of carbonyl (C=O) groups excluding carboxylic acids is 3. The molecular formula is C35H36N2O5. The molecule has 1 amide bonds. The van der Waals surface area contributed by atoms with Crippen LogP contribution in [0, 0.1) is 18.3 Å². The molecule has 4 atom stereocenters. The van der Waals surface area contributed by atoms with Crippen LogP contribution >= 0.6 is 0 Å². The van der Waals surface area contributed by atoms with E-state index in [0.29, 0.717) is 22.7 Å². The Balaban J connectivity index is 1.69. The van der Waals surface area contributed by atoms with E-state index >= 15 is 0 Å². The number of carbonyl (C=O) groups is 3. The van der Waals surface area contributed by atoms with Crippen LogP contribution in [0.3, 0.4) is 0 Å². The van der Waals surface area contributed by atoms with Crippen LogP contribution in [0.5, 0.6) is 11.5 Å². The van der Waals surface area contributed by atoms with Gasteiger partial charge in [0.2, 0.25) is 5.91 Å². The first kappa shape index (κ1) is 27.8. The first-order valence-corrected chi connectivity index (χ1v) is 14.2. The zero-order chi connectivity index (χ0) is 30.1. The average Bonchev–Trinajstić information content (AvgIpc) is 3.43. The number of benzene rings is 3. The van der Waals surface area contributed by atoms with Gasteiger partial charge in [-0.2, -0.15) is 0 Å². The number of hydrogen-bond acceptors (Lipinski definition) is 6. The molecule has 3 heterocycles. The van der Waals surface area contributed by atoms with Crippen LogP contribution < -0.4 is 19.7 Å². The molecule has 3 aliphatic rings. The molecule has 6 rings (SSSR count). The van der Waals surface area contributed by atoms with Crippen molar-refractivity contribution in [3.05, 3.63) is 89.0 Å². The highest BCUT2D eigenvalue weighted by atomic mass is 16.5. The Hall–Kier alpha value is -4.39. The molecule has 1 fully saturated rings. The van der Waals surface area contributed by atoms with E-state index in [9.17, 15) is 14.4 Å². The highest BCUT2D eigenvalue weighted by Crippen LogP contribution is 2.59. The molecule has 0 aromatic heterocycles. The van der Waals surface area contributed by atoms with E-state index in [1.165, 1.54) is 14.2 Å². The summed E-state index contributed by atoms with van der Waals surface area (Å²) in [7, 11) is 3.05. The SMILES string of the molecule is COc1ccc(C(=O)[C@H]2[C@@H](C(=O)C(C)(C)C)N3c4ccc(C)cc4C(C)=C[C@H]3[C@@]23C(=O)Nc2ccccc23)cc1OC. The summed E-state index contributed by atoms with van der Waals surface area (Å²) >= 11 is 0. The number of anilines is 2. The molecule has 216 valence electrons. The fraction of sp³-hybridized carbons (Fsp3) is 0.343. The molecule has 0 aliphatic carbocycles. The van der Waals surface area contributed by atoms with Gasteiger partial charge in [-0.05, 0) is 61.4 Å². The number of aryl methyl sites for hydroxylation is 1. The molecule has 1 N–H and O–H groups in total. The van der Waals surface area contributed by atoms with E-state index < -0.39 is 28.8 Å². The summed E-state index contributed by atoms with van der Waals surface area (Å²) in [4.78, 5) is 46.2. The number of nitrogens with zero attached hydrogens (tertiary/aromatic N) is 1. The second kappa shape index (κ2) is 9.58. The highest BCUT2D eigenvalue weighted by Gasteiger charge is 2.71. The molecule has 7 nitrogen and oxygen atoms in total. The minimum atomic E-state index is -1.35. The molecule has 1 saturated heterocycles. The first-order valence-electron chi connectivity index (χ1n) is 14.2. The Kier molecular flexibility index (Phi) is 6.33. The lowest BCUT2D eigenvalue weighted by atomic mass is 9.63. The number of ether oxygens (including phenoxy) is 2. The van der Waals surface area contributed by atoms with Crippen molar-refractivity contribution in [2.75, 3.05) is 24.4 Å². The number of para-hydroxylation sites is 1. The Morgan fingerprint density at radius 2 is 1.64 bits per heavy atom. The fourth-order valence-corrected chi connectivity index (χ4v) is 7.16. The van der Waals surface area contributed by atoms with E-state index in [1.807, 2.05) is 71.0 Å². The number of rotatable bonds is 5. The number of ketones is 2. The largest absolute Gasteiger partial charge is 0.493 e. The van der Waals surface area contributed by atoms with Gasteiger partial charge in [-0.25, -0.2) is 0 Å². The smallest absolute Gasteiger partial charge is 0.238 e. The van der Waals surface area contributed by atoms with E-state index in [0.717, 1.165) is 28.0 Å². The van der Waals surface area contributed by atoms with Crippen LogP contribution in [0.15, 0.2) is 66.7 Å². The van der Waals surface area contributed by atoms with Gasteiger partial charge in [-0.15, -0.1) is 0 Å². The monoisotopic (exact) mass is 564 g/mol. The van der Waals surface area contributed by atoms with Crippen LogP contribution in [0.25, 0.3) is 5.57 Å². The molecule has 0 radical (unpaired) electrons. The van der Waals surface area contributed by atoms with Crippen molar-refractivity contribution in [3.63, 3.8) is 0 Å². The molecular weight excluding hydrogens is 528 g/mol. The lowest BCUT2D eigenvalue weighted by Gasteiger charge is -2.40. The van der Waals surface area contributed by atoms with Gasteiger partial charge >= 0.3 is 0 Å². The van der Waals surface area contributed by atoms with Gasteiger partial charge in [-0.3, -0.25) is 14.4 Å². The van der Waals surface area contributed by atoms with Crippen molar-refractivity contribution in [2.24, 2.45) is 11.3 Å². The van der Waals surface area contributed by atoms with Gasteiger partial charge in [-0.1, -0.05) is 56.7 Å². The Labute approximate surface area is 246 Å². The molecule has 3 aromatic carbocycles. The summed E-state index contributed by atoms with van der Waals surface area (Å²) in [6.07, 6.45) is 2.08. The Morgan fingerprint density at radius 3 is 2.33 bits per heavy atom. The van der Waals surface area contributed by atoms with Crippen LogP contribution in [-0.4, -0.2) is 43.8 Å². The van der Waals surface area contributed by atoms with Crippen molar-refractivity contribution in [3.8, 4) is 11.5 Å². The van der Waals surface area contributed by atoms with Gasteiger partial charge in [0.1, 0.15) is 11.5 Å². The molecule has 42 heavy (non-hydrogen) atoms. The van der Waals surface area contributed by atoms with Crippen LogP contribution in [-0.2, 0) is 15.0 Å². The third-order valence-corrected chi connectivity index (χ3v) is 9.09. The number of nitrogens with one attached hydrogen (secondary N) is 1. The minimum absolute atomic E-state index is 0.0974. The van der Waals surface area contributed by atoms with E-state index in [-0.39, 0.29) is 17.5 Å². The minimum Gasteiger partial charge on any atom is -0.493 e. The quantitative estimate of drug-likeness (QED) is 0.383. The zero-order valence-corrected chi connectivity index (χ0v) is 25.1. The molecule has 0 saturated carbocycles. The maximum Gasteiger partial charge on any atom is 0.238 e. The second-order valence-electron chi connectivity index (χ2n) is 12.6. The predicted molar refractivity (Wildman–Crippen MR) is 163 cm³/mol. The van der Waals surface area contributed by atoms with Crippen LogP contribution in [0.4, 0.5) is 11.4 Å². The predicted octanol–water partition coefficient (Wildman–Crippen LogP) is 5.99. The van der Waals surface area contributed by atoms with Crippen LogP contribution in [0.2, 0.25) is 0 Å². The average molecular weight is 565 g/mol. The van der Waals surface area contributed by atoms with Crippen molar-refractivity contribution in [1.82, 2.24) is 0 Å². The van der Waals surface area contributed by atoms with Gasteiger partial charge < -0.3 is 19.7 Å². The number of fused-ring (bicyclic) bond motifs is 6. The number of amides is 1. The zero-order valence-electron chi connectivity index (χ0n) is 25.1. The summed E-state index contributed by atoms with van der Waals surface area (Å²) < 4.78 is 11.0. The Morgan fingerprint density at radius 1 is 0.929 bits per heavy atom. The molecule has 7 heteroatoms. The lowest BCUT2D eigenvalue weighted by Crippen LogP contribution is -2.51. The van der Waals surface area contributed by atoms with Gasteiger partial charge in [0.05, 0.1) is 26.2 Å². The molecule has 0 bridgehead atoms. The topological polar surface area (TPSA) is 84.9 Å². The summed E-state index contributed by atoms with van der Waals surface area (Å²) in [6, 6.07) is 17.2. The summed E-state index contributed by atoms with van der Waals surface area (Å²) in [6.45, 7) is 9.68. The lowest BCUT2D eigenvalue weighted by molar-refractivity contribution is -0.128. The van der Waals surface area contributed by atoms with Crippen molar-refractivity contribution >= 4 is 34.4 Å². The normalized spacial score (nSPS) is 24.0. The second-order valence-corrected chi connectivity index (χ2v) is 12.6. The number of hydrogen-bond donors (Lipinski definition) is 1. The van der Waals surface area contributed by atoms with Crippen molar-refractivity contribution < 1.29 is 23.9 Å². The maximum atomic E-state index is 15.0. The third-order valence-electron chi connectivity index (χ3n) is 9.09. The van der Waals surface area contributed by atoms with Gasteiger partial charge in [0, 0.05) is 27.9 Å². The van der Waals surface area contributed by atoms with Gasteiger partial charge in [0.25, 0.3) is 0 Å². The summed E-state index contributed by atoms with van der Waals surface area (Å²) in [5.41, 5.74) is 3.56. The van der Waals surface area contributed by atoms with Crippen molar-refractivity contribution in [2.45, 2.75) is 52.1 Å². The van der Waals surface area contributed by atoms with E-state index in [1.54, 1.807) is 18.2 Å². The number of methoxy groups -OCH3 is 2. The van der Waals surface area contributed by atoms with Crippen LogP contribution in [0.1, 0.15) is 54.7 Å². The molecule has 3 aliphatic heterocycles. The Bertz CT molecular complexity index is 1680. The van der Waals surface area contributed by atoms with E-state index in [2.05, 4.69) is 22.4 Å². The maximum absolute atomic E-state index is 15.0. The number of allylic oxidation sites excluding steroid dienone is 1. The molecule has 1 spiro atoms. The summed E-state index contributed by atoms with van der Waals surface area (Å²) in [5, 5.41) is 3.08. The molecule has 3 aromatic rings. The van der Waals surface area contributed by atoms with Gasteiger partial charge in [0.15, 0.2) is 23.1 Å². The van der Waals surface area contributed by atoms with Crippen molar-refractivity contribution in [1.29, 1.82) is 0 Å². The fourth-order valence-electron chi connectivity index (χ4n) is 7.16. The standard InChI is InChI=1S/C35H36N2O5/c1-19-12-14-25-22(16-19)20(2)17-28-35(23-10-8-9-11-24(23)36-33(35)40)29(30(37(25)28)32(39)34(3,4)5)31(38)21-13-15-26(41-6)27(18-21)42-7/h8-18,28-30H,1-7H3,(H,36,40)/t28-,29+,30-,35+/m0/s1. The number of Topliss-reactive ketones (excluding diaryl/α,β-unsaturated/α-hetero) is 2. The van der Waals surface area contributed by atoms with E-state index in [4.69, 9.17) is 9.47 Å². The third kappa shape index (κ3) is 3.75.